The number of alkyl halides is 1. The summed E-state index contributed by atoms with van der Waals surface area (Å²) < 4.78 is 27.5. The standard InChI is InChI=1S/C10H16ClN3O2S/c1-8-3-4-14(5-9(8)11)17(15,16)10-6-13(2)7-12-10/h6-9H,3-5H2,1-2H3. The van der Waals surface area contributed by atoms with Crippen molar-refractivity contribution in [1.82, 2.24) is 13.9 Å². The molecule has 7 heteroatoms. The molecule has 17 heavy (non-hydrogen) atoms. The third kappa shape index (κ3) is 2.48. The fourth-order valence-electron chi connectivity index (χ4n) is 1.87. The van der Waals surface area contributed by atoms with Gasteiger partial charge in [-0.15, -0.1) is 11.6 Å². The fraction of sp³-hybridized carbons (Fsp3) is 0.700. The van der Waals surface area contributed by atoms with E-state index in [-0.39, 0.29) is 10.4 Å². The summed E-state index contributed by atoms with van der Waals surface area (Å²) in [5.41, 5.74) is 0. The van der Waals surface area contributed by atoms with E-state index in [4.69, 9.17) is 11.6 Å². The lowest BCUT2D eigenvalue weighted by Gasteiger charge is -2.32. The first-order valence-corrected chi connectivity index (χ1v) is 7.41. The van der Waals surface area contributed by atoms with Crippen molar-refractivity contribution in [2.45, 2.75) is 23.7 Å². The molecule has 2 rings (SSSR count). The molecular formula is C10H16ClN3O2S. The van der Waals surface area contributed by atoms with Gasteiger partial charge in [0, 0.05) is 31.7 Å². The van der Waals surface area contributed by atoms with Crippen molar-refractivity contribution in [3.8, 4) is 0 Å². The molecule has 1 aliphatic rings. The van der Waals surface area contributed by atoms with Gasteiger partial charge in [-0.2, -0.15) is 4.31 Å². The molecule has 1 aliphatic heterocycles. The number of imidazole rings is 1. The minimum Gasteiger partial charge on any atom is -0.339 e. The largest absolute Gasteiger partial charge is 0.339 e. The second-order valence-corrected chi connectivity index (χ2v) is 6.97. The van der Waals surface area contributed by atoms with Crippen molar-refractivity contribution >= 4 is 21.6 Å². The normalized spacial score (nSPS) is 27.2. The first-order valence-electron chi connectivity index (χ1n) is 5.53. The zero-order valence-corrected chi connectivity index (χ0v) is 11.4. The van der Waals surface area contributed by atoms with Crippen LogP contribution in [-0.4, -0.2) is 40.7 Å². The maximum atomic E-state index is 12.2. The number of nitrogens with zero attached hydrogens (tertiary/aromatic N) is 3. The van der Waals surface area contributed by atoms with Gasteiger partial charge in [0.05, 0.1) is 6.33 Å². The van der Waals surface area contributed by atoms with Crippen LogP contribution >= 0.6 is 11.6 Å². The van der Waals surface area contributed by atoms with Crippen LogP contribution in [0.25, 0.3) is 0 Å². The molecule has 0 bridgehead atoms. The third-order valence-corrected chi connectivity index (χ3v) is 5.43. The minimum atomic E-state index is -3.48. The summed E-state index contributed by atoms with van der Waals surface area (Å²) in [6.45, 7) is 2.92. The van der Waals surface area contributed by atoms with Crippen LogP contribution in [0.3, 0.4) is 0 Å². The molecule has 0 aromatic carbocycles. The van der Waals surface area contributed by atoms with Gasteiger partial charge < -0.3 is 4.57 Å². The van der Waals surface area contributed by atoms with E-state index < -0.39 is 10.0 Å². The molecular weight excluding hydrogens is 262 g/mol. The number of halogens is 1. The van der Waals surface area contributed by atoms with Crippen molar-refractivity contribution in [1.29, 1.82) is 0 Å². The molecule has 1 saturated heterocycles. The Morgan fingerprint density at radius 2 is 2.24 bits per heavy atom. The van der Waals surface area contributed by atoms with Gasteiger partial charge in [0.2, 0.25) is 0 Å². The number of sulfonamides is 1. The monoisotopic (exact) mass is 277 g/mol. The van der Waals surface area contributed by atoms with Crippen molar-refractivity contribution < 1.29 is 8.42 Å². The van der Waals surface area contributed by atoms with E-state index in [1.165, 1.54) is 16.8 Å². The molecule has 0 N–H and O–H groups in total. The molecule has 2 heterocycles. The Labute approximate surface area is 106 Å². The Balaban J connectivity index is 2.22. The zero-order chi connectivity index (χ0) is 12.6. The van der Waals surface area contributed by atoms with Crippen molar-refractivity contribution in [3.05, 3.63) is 12.5 Å². The Kier molecular flexibility index (Phi) is 3.47. The topological polar surface area (TPSA) is 55.2 Å². The zero-order valence-electron chi connectivity index (χ0n) is 9.88. The Morgan fingerprint density at radius 3 is 2.76 bits per heavy atom. The van der Waals surface area contributed by atoms with E-state index in [0.717, 1.165) is 6.42 Å². The van der Waals surface area contributed by atoms with E-state index in [1.807, 2.05) is 6.92 Å². The fourth-order valence-corrected chi connectivity index (χ4v) is 3.69. The van der Waals surface area contributed by atoms with E-state index in [0.29, 0.717) is 19.0 Å². The van der Waals surface area contributed by atoms with Gasteiger partial charge in [-0.1, -0.05) is 6.92 Å². The van der Waals surface area contributed by atoms with Gasteiger partial charge in [-0.25, -0.2) is 13.4 Å². The highest BCUT2D eigenvalue weighted by Crippen LogP contribution is 2.25. The molecule has 0 aliphatic carbocycles. The van der Waals surface area contributed by atoms with Gasteiger partial charge >= 0.3 is 0 Å². The van der Waals surface area contributed by atoms with Crippen LogP contribution in [0.15, 0.2) is 17.6 Å². The summed E-state index contributed by atoms with van der Waals surface area (Å²) in [4.78, 5) is 3.90. The first-order chi connectivity index (χ1) is 7.91. The number of piperidine rings is 1. The Bertz CT molecular complexity index is 499. The lowest BCUT2D eigenvalue weighted by molar-refractivity contribution is 0.292. The quantitative estimate of drug-likeness (QED) is 0.760. The predicted octanol–water partition coefficient (Wildman–Crippen LogP) is 1.06. The summed E-state index contributed by atoms with van der Waals surface area (Å²) in [5.74, 6) is 0.354. The maximum Gasteiger partial charge on any atom is 0.262 e. The average molecular weight is 278 g/mol. The lowest BCUT2D eigenvalue weighted by Crippen LogP contribution is -2.43. The number of hydrogen-bond donors (Lipinski definition) is 0. The summed E-state index contributed by atoms with van der Waals surface area (Å²) in [6, 6.07) is 0. The molecule has 0 saturated carbocycles. The highest BCUT2D eigenvalue weighted by Gasteiger charge is 2.33. The summed E-state index contributed by atoms with van der Waals surface area (Å²) in [6.07, 6.45) is 3.79. The van der Waals surface area contributed by atoms with Crippen molar-refractivity contribution in [2.75, 3.05) is 13.1 Å². The van der Waals surface area contributed by atoms with Crippen LogP contribution in [-0.2, 0) is 17.1 Å². The van der Waals surface area contributed by atoms with Crippen molar-refractivity contribution in [3.63, 3.8) is 0 Å². The van der Waals surface area contributed by atoms with E-state index in [1.54, 1.807) is 11.6 Å². The van der Waals surface area contributed by atoms with Gasteiger partial charge in [0.15, 0.2) is 5.03 Å². The summed E-state index contributed by atoms with van der Waals surface area (Å²) in [5, 5.41) is -0.0272. The van der Waals surface area contributed by atoms with Crippen LogP contribution in [0.1, 0.15) is 13.3 Å². The molecule has 5 nitrogen and oxygen atoms in total. The molecule has 1 aromatic rings. The first kappa shape index (κ1) is 12.9. The molecule has 1 fully saturated rings. The van der Waals surface area contributed by atoms with Gasteiger partial charge in [0.1, 0.15) is 0 Å². The third-order valence-electron chi connectivity index (χ3n) is 3.11. The summed E-state index contributed by atoms with van der Waals surface area (Å²) in [7, 11) is -1.74. The highest BCUT2D eigenvalue weighted by molar-refractivity contribution is 7.89. The molecule has 0 amide bonds. The van der Waals surface area contributed by atoms with E-state index in [9.17, 15) is 8.42 Å². The van der Waals surface area contributed by atoms with Gasteiger partial charge in [0.25, 0.3) is 10.0 Å². The van der Waals surface area contributed by atoms with E-state index in [2.05, 4.69) is 4.98 Å². The van der Waals surface area contributed by atoms with Crippen LogP contribution in [0, 0.1) is 5.92 Å². The van der Waals surface area contributed by atoms with Crippen LogP contribution in [0.5, 0.6) is 0 Å². The number of hydrogen-bond acceptors (Lipinski definition) is 3. The number of aryl methyl sites for hydroxylation is 1. The predicted molar refractivity (Wildman–Crippen MR) is 65.4 cm³/mol. The molecule has 2 unspecified atom stereocenters. The molecule has 0 spiro atoms. The molecule has 96 valence electrons. The second-order valence-electron chi connectivity index (χ2n) is 4.52. The summed E-state index contributed by atoms with van der Waals surface area (Å²) >= 11 is 6.13. The van der Waals surface area contributed by atoms with Crippen LogP contribution in [0.4, 0.5) is 0 Å². The minimum absolute atomic E-state index is 0.0958. The molecule has 0 radical (unpaired) electrons. The van der Waals surface area contributed by atoms with Crippen LogP contribution < -0.4 is 0 Å². The van der Waals surface area contributed by atoms with Gasteiger partial charge in [-0.3, -0.25) is 0 Å². The second kappa shape index (κ2) is 4.59. The Hall–Kier alpha value is -0.590. The highest BCUT2D eigenvalue weighted by atomic mass is 35.5. The molecule has 2 atom stereocenters. The van der Waals surface area contributed by atoms with Crippen molar-refractivity contribution in [2.24, 2.45) is 13.0 Å². The maximum absolute atomic E-state index is 12.2. The smallest absolute Gasteiger partial charge is 0.262 e. The average Bonchev–Trinajstić information content (AvgIpc) is 2.69. The number of rotatable bonds is 2. The van der Waals surface area contributed by atoms with Gasteiger partial charge in [-0.05, 0) is 12.3 Å². The molecule has 1 aromatic heterocycles. The SMILES string of the molecule is CC1CCN(S(=O)(=O)c2cn(C)cn2)CC1Cl. The lowest BCUT2D eigenvalue weighted by atomic mass is 10.0. The number of aromatic nitrogens is 2. The van der Waals surface area contributed by atoms with Crippen LogP contribution in [0.2, 0.25) is 0 Å². The Morgan fingerprint density at radius 1 is 1.53 bits per heavy atom. The van der Waals surface area contributed by atoms with E-state index >= 15 is 0 Å².